The molecule has 2 heteroatoms. The summed E-state index contributed by atoms with van der Waals surface area (Å²) in [6.45, 7) is 3.30. The summed E-state index contributed by atoms with van der Waals surface area (Å²) in [6.07, 6.45) is 6.40. The van der Waals surface area contributed by atoms with Crippen LogP contribution in [-0.4, -0.2) is 6.54 Å². The molecule has 3 rings (SSSR count). The molecule has 0 fully saturated rings. The van der Waals surface area contributed by atoms with Crippen molar-refractivity contribution in [3.8, 4) is 0 Å². The van der Waals surface area contributed by atoms with Gasteiger partial charge in [0.15, 0.2) is 0 Å². The van der Waals surface area contributed by atoms with E-state index in [9.17, 15) is 0 Å². The highest BCUT2D eigenvalue weighted by atomic mass is 16.3. The Morgan fingerprint density at radius 3 is 2.90 bits per heavy atom. The number of hydrogen-bond acceptors (Lipinski definition) is 2. The summed E-state index contributed by atoms with van der Waals surface area (Å²) in [5.74, 6) is 1.74. The van der Waals surface area contributed by atoms with Gasteiger partial charge < -0.3 is 9.73 Å². The largest absolute Gasteiger partial charge is 0.469 e. The molecule has 2 nitrogen and oxygen atoms in total. The van der Waals surface area contributed by atoms with Gasteiger partial charge in [-0.05, 0) is 55.0 Å². The molecule has 1 aliphatic rings. The SMILES string of the molecule is CCCNC1c2ccccc2CCC1Cc1ccco1. The molecule has 2 unspecified atom stereocenters. The molecule has 1 aliphatic carbocycles. The fourth-order valence-electron chi connectivity index (χ4n) is 3.31. The van der Waals surface area contributed by atoms with E-state index in [1.807, 2.05) is 6.07 Å². The second kappa shape index (κ2) is 6.27. The average Bonchev–Trinajstić information content (AvgIpc) is 2.99. The van der Waals surface area contributed by atoms with Gasteiger partial charge in [0.1, 0.15) is 5.76 Å². The van der Waals surface area contributed by atoms with Gasteiger partial charge in [0.2, 0.25) is 0 Å². The summed E-state index contributed by atoms with van der Waals surface area (Å²) < 4.78 is 5.55. The minimum absolute atomic E-state index is 0.463. The maximum Gasteiger partial charge on any atom is 0.104 e. The number of furan rings is 1. The maximum absolute atomic E-state index is 5.55. The molecule has 0 amide bonds. The van der Waals surface area contributed by atoms with E-state index in [0.717, 1.165) is 18.7 Å². The van der Waals surface area contributed by atoms with Crippen LogP contribution < -0.4 is 5.32 Å². The van der Waals surface area contributed by atoms with Crippen molar-refractivity contribution < 1.29 is 4.42 Å². The summed E-state index contributed by atoms with van der Waals surface area (Å²) in [5, 5.41) is 3.75. The lowest BCUT2D eigenvalue weighted by molar-refractivity contribution is 0.301. The van der Waals surface area contributed by atoms with Crippen LogP contribution in [0.15, 0.2) is 47.1 Å². The van der Waals surface area contributed by atoms with Crippen molar-refractivity contribution in [1.29, 1.82) is 0 Å². The lowest BCUT2D eigenvalue weighted by atomic mass is 9.77. The van der Waals surface area contributed by atoms with Gasteiger partial charge in [-0.1, -0.05) is 31.2 Å². The minimum Gasteiger partial charge on any atom is -0.469 e. The molecule has 1 heterocycles. The number of rotatable bonds is 5. The highest BCUT2D eigenvalue weighted by Gasteiger charge is 2.29. The molecule has 0 radical (unpaired) electrons. The Kier molecular flexibility index (Phi) is 4.22. The van der Waals surface area contributed by atoms with Gasteiger partial charge in [0.25, 0.3) is 0 Å². The molecular formula is C18H23NO. The molecule has 1 aromatic carbocycles. The van der Waals surface area contributed by atoms with Crippen LogP contribution in [0.5, 0.6) is 0 Å². The van der Waals surface area contributed by atoms with Crippen LogP contribution >= 0.6 is 0 Å². The molecule has 106 valence electrons. The van der Waals surface area contributed by atoms with E-state index in [2.05, 4.69) is 42.6 Å². The Hall–Kier alpha value is -1.54. The Bertz CT molecular complexity index is 532. The number of benzene rings is 1. The van der Waals surface area contributed by atoms with Crippen LogP contribution in [0, 0.1) is 5.92 Å². The normalized spacial score (nSPS) is 21.6. The van der Waals surface area contributed by atoms with Crippen molar-refractivity contribution >= 4 is 0 Å². The molecule has 0 bridgehead atoms. The van der Waals surface area contributed by atoms with Gasteiger partial charge in [-0.25, -0.2) is 0 Å². The van der Waals surface area contributed by atoms with Crippen molar-refractivity contribution in [2.75, 3.05) is 6.54 Å². The minimum atomic E-state index is 0.463. The molecular weight excluding hydrogens is 246 g/mol. The number of hydrogen-bond donors (Lipinski definition) is 1. The van der Waals surface area contributed by atoms with E-state index in [0.29, 0.717) is 12.0 Å². The molecule has 1 N–H and O–H groups in total. The first-order valence-corrected chi connectivity index (χ1v) is 7.72. The lowest BCUT2D eigenvalue weighted by Gasteiger charge is -2.34. The van der Waals surface area contributed by atoms with Gasteiger partial charge in [-0.3, -0.25) is 0 Å². The standard InChI is InChI=1S/C18H23NO/c1-2-11-19-18-15(13-16-7-5-12-20-16)10-9-14-6-3-4-8-17(14)18/h3-8,12,15,18-19H,2,9-11,13H2,1H3. The number of fused-ring (bicyclic) bond motifs is 1. The Labute approximate surface area is 121 Å². The summed E-state index contributed by atoms with van der Waals surface area (Å²) in [6, 6.07) is 13.4. The average molecular weight is 269 g/mol. The fraction of sp³-hybridized carbons (Fsp3) is 0.444. The maximum atomic E-state index is 5.55. The molecule has 1 aromatic heterocycles. The van der Waals surface area contributed by atoms with Crippen molar-refractivity contribution in [2.24, 2.45) is 5.92 Å². The van der Waals surface area contributed by atoms with Crippen LogP contribution in [0.25, 0.3) is 0 Å². The molecule has 0 saturated carbocycles. The Morgan fingerprint density at radius 2 is 2.10 bits per heavy atom. The summed E-state index contributed by atoms with van der Waals surface area (Å²) in [5.41, 5.74) is 3.00. The van der Waals surface area contributed by atoms with Crippen LogP contribution in [-0.2, 0) is 12.8 Å². The molecule has 2 atom stereocenters. The quantitative estimate of drug-likeness (QED) is 0.883. The van der Waals surface area contributed by atoms with Gasteiger partial charge >= 0.3 is 0 Å². The first-order chi connectivity index (χ1) is 9.88. The topological polar surface area (TPSA) is 25.2 Å². The van der Waals surface area contributed by atoms with Crippen LogP contribution in [0.1, 0.15) is 42.7 Å². The van der Waals surface area contributed by atoms with Crippen molar-refractivity contribution in [1.82, 2.24) is 5.32 Å². The summed E-state index contributed by atoms with van der Waals surface area (Å²) >= 11 is 0. The van der Waals surface area contributed by atoms with E-state index in [1.54, 1.807) is 6.26 Å². The van der Waals surface area contributed by atoms with Gasteiger partial charge in [0, 0.05) is 12.5 Å². The van der Waals surface area contributed by atoms with E-state index in [1.165, 1.54) is 30.4 Å². The molecule has 0 saturated heterocycles. The summed E-state index contributed by atoms with van der Waals surface area (Å²) in [7, 11) is 0. The molecule has 2 aromatic rings. The molecule has 0 aliphatic heterocycles. The van der Waals surface area contributed by atoms with Gasteiger partial charge in [0.05, 0.1) is 6.26 Å². The van der Waals surface area contributed by atoms with Gasteiger partial charge in [-0.2, -0.15) is 0 Å². The zero-order chi connectivity index (χ0) is 13.8. The molecule has 20 heavy (non-hydrogen) atoms. The van der Waals surface area contributed by atoms with Crippen molar-refractivity contribution in [3.63, 3.8) is 0 Å². The van der Waals surface area contributed by atoms with Crippen molar-refractivity contribution in [3.05, 3.63) is 59.5 Å². The number of nitrogens with one attached hydrogen (secondary N) is 1. The van der Waals surface area contributed by atoms with E-state index < -0.39 is 0 Å². The fourth-order valence-corrected chi connectivity index (χ4v) is 3.31. The predicted molar refractivity (Wildman–Crippen MR) is 81.7 cm³/mol. The van der Waals surface area contributed by atoms with Crippen molar-refractivity contribution in [2.45, 2.75) is 38.6 Å². The van der Waals surface area contributed by atoms with E-state index in [-0.39, 0.29) is 0 Å². The third-order valence-corrected chi connectivity index (χ3v) is 4.30. The summed E-state index contributed by atoms with van der Waals surface area (Å²) in [4.78, 5) is 0. The van der Waals surface area contributed by atoms with Crippen LogP contribution in [0.3, 0.4) is 0 Å². The second-order valence-corrected chi connectivity index (χ2v) is 5.71. The number of aryl methyl sites for hydroxylation is 1. The smallest absolute Gasteiger partial charge is 0.104 e. The second-order valence-electron chi connectivity index (χ2n) is 5.71. The van der Waals surface area contributed by atoms with E-state index >= 15 is 0 Å². The van der Waals surface area contributed by atoms with E-state index in [4.69, 9.17) is 4.42 Å². The molecule has 0 spiro atoms. The van der Waals surface area contributed by atoms with Crippen LogP contribution in [0.2, 0.25) is 0 Å². The zero-order valence-electron chi connectivity index (χ0n) is 12.1. The highest BCUT2D eigenvalue weighted by molar-refractivity contribution is 5.33. The first-order valence-electron chi connectivity index (χ1n) is 7.72. The zero-order valence-corrected chi connectivity index (χ0v) is 12.1. The Morgan fingerprint density at radius 1 is 1.20 bits per heavy atom. The third-order valence-electron chi connectivity index (χ3n) is 4.30. The predicted octanol–water partition coefficient (Wildman–Crippen LogP) is 4.13. The van der Waals surface area contributed by atoms with Crippen LogP contribution in [0.4, 0.5) is 0 Å². The highest BCUT2D eigenvalue weighted by Crippen LogP contribution is 2.36. The monoisotopic (exact) mass is 269 g/mol. The Balaban J connectivity index is 1.82. The third kappa shape index (κ3) is 2.80. The first kappa shape index (κ1) is 13.4. The van der Waals surface area contributed by atoms with Gasteiger partial charge in [-0.15, -0.1) is 0 Å². The lowest BCUT2D eigenvalue weighted by Crippen LogP contribution is -2.34.